The van der Waals surface area contributed by atoms with Gasteiger partial charge in [0.25, 0.3) is 5.88 Å². The molecule has 0 fully saturated rings. The minimum Gasteiger partial charge on any atom is -0.538 e. The Morgan fingerprint density at radius 3 is 2.63 bits per heavy atom. The molecular formula is C16H20BrClFNO5SSi. The second kappa shape index (κ2) is 8.42. The highest BCUT2D eigenvalue weighted by atomic mass is 79.9. The van der Waals surface area contributed by atoms with Crippen molar-refractivity contribution >= 4 is 51.8 Å². The molecular weight excluding hydrogens is 481 g/mol. The molecule has 1 heterocycles. The van der Waals surface area contributed by atoms with Crippen molar-refractivity contribution in [3.05, 3.63) is 29.0 Å². The largest absolute Gasteiger partial charge is 0.538 e. The summed E-state index contributed by atoms with van der Waals surface area (Å²) in [5, 5.41) is 11.2. The minimum absolute atomic E-state index is 0.0838. The summed E-state index contributed by atoms with van der Waals surface area (Å²) in [4.78, 5) is 0. The summed E-state index contributed by atoms with van der Waals surface area (Å²) in [5.41, 5.74) is 0.0838. The predicted molar refractivity (Wildman–Crippen MR) is 111 cm³/mol. The third-order valence-corrected chi connectivity index (χ3v) is 6.25. The van der Waals surface area contributed by atoms with E-state index in [2.05, 4.69) is 20.7 Å². The van der Waals surface area contributed by atoms with Crippen molar-refractivity contribution in [2.75, 3.05) is 15.8 Å². The molecule has 0 saturated carbocycles. The molecule has 0 spiro atoms. The second-order valence-electron chi connectivity index (χ2n) is 6.74. The van der Waals surface area contributed by atoms with Crippen LogP contribution in [0.5, 0.6) is 11.5 Å². The maximum Gasteiger partial charge on any atom is 0.252 e. The third-order valence-electron chi connectivity index (χ3n) is 3.22. The zero-order valence-corrected chi connectivity index (χ0v) is 19.1. The number of furan rings is 1. The number of nitrogens with one attached hydrogen (secondary N) is 1. The van der Waals surface area contributed by atoms with Crippen molar-refractivity contribution in [3.63, 3.8) is 0 Å². The maximum atomic E-state index is 13.6. The summed E-state index contributed by atoms with van der Waals surface area (Å²) in [6.45, 7) is 5.58. The van der Waals surface area contributed by atoms with E-state index in [0.29, 0.717) is 11.8 Å². The number of anilines is 1. The van der Waals surface area contributed by atoms with Crippen LogP contribution in [0.4, 0.5) is 10.3 Å². The lowest BCUT2D eigenvalue weighted by Gasteiger charge is -2.19. The summed E-state index contributed by atoms with van der Waals surface area (Å²) in [6, 6.07) is 3.56. The van der Waals surface area contributed by atoms with Gasteiger partial charge in [-0.3, -0.25) is 0 Å². The summed E-state index contributed by atoms with van der Waals surface area (Å²) in [7, 11) is -5.98. The highest BCUT2D eigenvalue weighted by Crippen LogP contribution is 2.49. The predicted octanol–water partition coefficient (Wildman–Crippen LogP) is 5.19. The number of halogens is 3. The average molecular weight is 501 g/mol. The van der Waals surface area contributed by atoms with Crippen LogP contribution in [0.3, 0.4) is 0 Å². The molecule has 0 aliphatic heterocycles. The van der Waals surface area contributed by atoms with E-state index >= 15 is 0 Å². The van der Waals surface area contributed by atoms with E-state index in [1.165, 1.54) is 6.07 Å². The van der Waals surface area contributed by atoms with Gasteiger partial charge in [-0.05, 0) is 44.3 Å². The maximum absolute atomic E-state index is 13.6. The van der Waals surface area contributed by atoms with E-state index in [0.717, 1.165) is 12.1 Å². The van der Waals surface area contributed by atoms with Crippen LogP contribution in [0.2, 0.25) is 24.7 Å². The number of alkyl halides is 1. The third kappa shape index (κ3) is 5.87. The molecule has 0 amide bonds. The van der Waals surface area contributed by atoms with Crippen LogP contribution in [0, 0.1) is 5.82 Å². The summed E-state index contributed by atoms with van der Waals surface area (Å²) >= 11 is 9.26. The lowest BCUT2D eigenvalue weighted by molar-refractivity contribution is 0.440. The lowest BCUT2D eigenvalue weighted by atomic mass is 10.1. The van der Waals surface area contributed by atoms with Crippen molar-refractivity contribution in [2.24, 2.45) is 0 Å². The monoisotopic (exact) mass is 499 g/mol. The molecule has 0 aliphatic rings. The van der Waals surface area contributed by atoms with Crippen LogP contribution in [-0.4, -0.2) is 32.9 Å². The molecule has 0 bridgehead atoms. The van der Waals surface area contributed by atoms with E-state index in [-0.39, 0.29) is 33.7 Å². The number of rotatable bonds is 8. The van der Waals surface area contributed by atoms with Crippen LogP contribution in [0.1, 0.15) is 6.42 Å². The molecule has 0 unspecified atom stereocenters. The van der Waals surface area contributed by atoms with Crippen LogP contribution in [0.25, 0.3) is 11.3 Å². The molecule has 11 heteroatoms. The van der Waals surface area contributed by atoms with Gasteiger partial charge in [-0.25, -0.2) is 17.5 Å². The van der Waals surface area contributed by atoms with E-state index < -0.39 is 29.9 Å². The zero-order valence-electron chi connectivity index (χ0n) is 15.0. The average Bonchev–Trinajstić information content (AvgIpc) is 2.82. The fourth-order valence-corrected chi connectivity index (χ4v) is 4.87. The molecule has 0 aliphatic carbocycles. The van der Waals surface area contributed by atoms with E-state index in [9.17, 15) is 17.9 Å². The first kappa shape index (κ1) is 22.1. The van der Waals surface area contributed by atoms with Gasteiger partial charge in [-0.2, -0.15) is 0 Å². The Kier molecular flexibility index (Phi) is 6.88. The smallest absolute Gasteiger partial charge is 0.252 e. The highest BCUT2D eigenvalue weighted by Gasteiger charge is 2.30. The summed E-state index contributed by atoms with van der Waals surface area (Å²) in [5.74, 6) is -1.75. The zero-order chi connectivity index (χ0) is 20.4. The Bertz CT molecular complexity index is 930. The Morgan fingerprint density at radius 1 is 1.37 bits per heavy atom. The van der Waals surface area contributed by atoms with Crippen molar-refractivity contribution in [3.8, 4) is 22.8 Å². The van der Waals surface area contributed by atoms with Crippen molar-refractivity contribution < 1.29 is 26.8 Å². The molecule has 1 aromatic heterocycles. The molecule has 0 atom stereocenters. The molecule has 6 nitrogen and oxygen atoms in total. The number of aromatic hydroxyl groups is 1. The first-order valence-corrected chi connectivity index (χ1v) is 14.6. The van der Waals surface area contributed by atoms with Gasteiger partial charge < -0.3 is 13.9 Å². The second-order valence-corrected chi connectivity index (χ2v) is 14.2. The SMILES string of the molecule is C[Si](C)(C)Oc1c(NS(=O)(=O)CCCBr)oc(-c2cc(F)ccc2Cl)c1O. The van der Waals surface area contributed by atoms with E-state index in [1.807, 2.05) is 19.6 Å². The standard InChI is InChI=1S/C16H20BrClFNO5SSi/c1-27(2,3)25-15-13(21)14(11-9-10(19)5-6-12(11)18)24-16(15)20-26(22,23)8-4-7-17/h5-6,9,20-21H,4,7-8H2,1-3H3. The normalized spacial score (nSPS) is 12.2. The number of sulfonamides is 1. The summed E-state index contributed by atoms with van der Waals surface area (Å²) < 4.78 is 51.8. The Hall–Kier alpha value is -1.23. The van der Waals surface area contributed by atoms with Crippen LogP contribution in [-0.2, 0) is 10.0 Å². The van der Waals surface area contributed by atoms with Gasteiger partial charge >= 0.3 is 0 Å². The number of hydrogen-bond donors (Lipinski definition) is 2. The minimum atomic E-state index is -3.74. The first-order valence-electron chi connectivity index (χ1n) is 8.00. The molecule has 2 aromatic rings. The fraction of sp³-hybridized carbons (Fsp3) is 0.375. The molecule has 2 N–H and O–H groups in total. The Balaban J connectivity index is 2.56. The van der Waals surface area contributed by atoms with Gasteiger partial charge in [-0.1, -0.05) is 27.5 Å². The van der Waals surface area contributed by atoms with Gasteiger partial charge in [0.05, 0.1) is 10.8 Å². The van der Waals surface area contributed by atoms with Gasteiger partial charge in [0.15, 0.2) is 5.76 Å². The van der Waals surface area contributed by atoms with E-state index in [4.69, 9.17) is 20.4 Å². The Labute approximate surface area is 172 Å². The number of hydrogen-bond acceptors (Lipinski definition) is 5. The van der Waals surface area contributed by atoms with Crippen molar-refractivity contribution in [1.82, 2.24) is 0 Å². The molecule has 0 radical (unpaired) electrons. The van der Waals surface area contributed by atoms with E-state index in [1.54, 1.807) is 0 Å². The van der Waals surface area contributed by atoms with Gasteiger partial charge in [-0.15, -0.1) is 0 Å². The first-order chi connectivity index (χ1) is 12.4. The quantitative estimate of drug-likeness (QED) is 0.385. The Morgan fingerprint density at radius 2 is 2.04 bits per heavy atom. The fourth-order valence-electron chi connectivity index (χ4n) is 2.17. The molecule has 150 valence electrons. The molecule has 2 rings (SSSR count). The molecule has 1 aromatic carbocycles. The van der Waals surface area contributed by atoms with Crippen LogP contribution < -0.4 is 9.15 Å². The lowest BCUT2D eigenvalue weighted by Crippen LogP contribution is -2.29. The van der Waals surface area contributed by atoms with Gasteiger partial charge in [0.1, 0.15) is 5.82 Å². The highest BCUT2D eigenvalue weighted by molar-refractivity contribution is 9.09. The van der Waals surface area contributed by atoms with Crippen molar-refractivity contribution in [1.29, 1.82) is 0 Å². The topological polar surface area (TPSA) is 88.8 Å². The van der Waals surface area contributed by atoms with Gasteiger partial charge in [0, 0.05) is 10.9 Å². The molecule has 27 heavy (non-hydrogen) atoms. The molecule has 0 saturated heterocycles. The summed E-state index contributed by atoms with van der Waals surface area (Å²) in [6.07, 6.45) is 0.384. The van der Waals surface area contributed by atoms with Crippen molar-refractivity contribution in [2.45, 2.75) is 26.1 Å². The van der Waals surface area contributed by atoms with Crippen LogP contribution in [0.15, 0.2) is 22.6 Å². The van der Waals surface area contributed by atoms with Crippen LogP contribution >= 0.6 is 27.5 Å². The van der Waals surface area contributed by atoms with Gasteiger partial charge in [0.2, 0.25) is 29.8 Å². The number of benzene rings is 1.